The van der Waals surface area contributed by atoms with E-state index < -0.39 is 0 Å². The number of hydrogen-bond acceptors (Lipinski definition) is 3. The third-order valence-electron chi connectivity index (χ3n) is 4.11. The third-order valence-corrected chi connectivity index (χ3v) is 4.11. The van der Waals surface area contributed by atoms with Crippen molar-refractivity contribution in [1.29, 1.82) is 0 Å². The molecule has 0 spiro atoms. The highest BCUT2D eigenvalue weighted by molar-refractivity contribution is 5.82. The molecule has 0 fully saturated rings. The second-order valence-electron chi connectivity index (χ2n) is 6.00. The first kappa shape index (κ1) is 17.9. The largest absolute Gasteiger partial charge is 0.357 e. The van der Waals surface area contributed by atoms with E-state index in [1.54, 1.807) is 0 Å². The van der Waals surface area contributed by atoms with Crippen LogP contribution in [0.4, 0.5) is 0 Å². The zero-order valence-electron chi connectivity index (χ0n) is 15.2. The molecule has 0 saturated carbocycles. The summed E-state index contributed by atoms with van der Waals surface area (Å²) < 4.78 is 0. The molecule has 5 heteroatoms. The predicted octanol–water partition coefficient (Wildman–Crippen LogP) is 2.97. The molecule has 1 aromatic carbocycles. The van der Waals surface area contributed by atoms with Crippen molar-refractivity contribution >= 4 is 16.9 Å². The first-order valence-corrected chi connectivity index (χ1v) is 9.11. The average Bonchev–Trinajstić information content (AvgIpc) is 2.69. The number of nitrogens with one attached hydrogen (secondary N) is 2. The summed E-state index contributed by atoms with van der Waals surface area (Å²) in [6, 6.07) is 16.4. The molecule has 3 rings (SSSR count). The number of hydrogen-bond donors (Lipinski definition) is 2. The lowest BCUT2D eigenvalue weighted by Crippen LogP contribution is -2.38. The fourth-order valence-corrected chi connectivity index (χ4v) is 2.85. The number of benzene rings is 1. The highest BCUT2D eigenvalue weighted by Gasteiger charge is 2.03. The lowest BCUT2D eigenvalue weighted by molar-refractivity contribution is 0.795. The van der Waals surface area contributed by atoms with Crippen molar-refractivity contribution in [1.82, 2.24) is 20.6 Å². The topological polar surface area (TPSA) is 62.2 Å². The quantitative estimate of drug-likeness (QED) is 0.509. The first-order chi connectivity index (χ1) is 12.9. The lowest BCUT2D eigenvalue weighted by Gasteiger charge is -2.12. The summed E-state index contributed by atoms with van der Waals surface area (Å²) in [5.74, 6) is 0.844. The van der Waals surface area contributed by atoms with E-state index in [0.29, 0.717) is 6.54 Å². The molecule has 2 N–H and O–H groups in total. The van der Waals surface area contributed by atoms with Crippen LogP contribution in [0.5, 0.6) is 0 Å². The zero-order valence-corrected chi connectivity index (χ0v) is 15.2. The van der Waals surface area contributed by atoms with Gasteiger partial charge < -0.3 is 10.6 Å². The number of pyridine rings is 2. The van der Waals surface area contributed by atoms with Crippen LogP contribution in [-0.4, -0.2) is 35.6 Å². The number of aromatic nitrogens is 2. The van der Waals surface area contributed by atoms with Gasteiger partial charge in [0.15, 0.2) is 5.96 Å². The number of guanidine groups is 1. The van der Waals surface area contributed by atoms with Crippen LogP contribution in [0.1, 0.15) is 18.2 Å². The van der Waals surface area contributed by atoms with Crippen molar-refractivity contribution in [3.05, 3.63) is 72.2 Å². The molecule has 2 aromatic heterocycles. The molecule has 3 aromatic rings. The molecule has 0 atom stereocenters. The van der Waals surface area contributed by atoms with Crippen molar-refractivity contribution in [2.75, 3.05) is 19.6 Å². The molecule has 134 valence electrons. The van der Waals surface area contributed by atoms with Gasteiger partial charge in [0.1, 0.15) is 0 Å². The Bertz CT molecular complexity index is 840. The number of fused-ring (bicyclic) bond motifs is 1. The summed E-state index contributed by atoms with van der Waals surface area (Å²) in [7, 11) is 0. The number of rotatable bonds is 7. The van der Waals surface area contributed by atoms with Crippen LogP contribution in [-0.2, 0) is 12.8 Å². The highest BCUT2D eigenvalue weighted by atomic mass is 15.2. The van der Waals surface area contributed by atoms with Gasteiger partial charge in [-0.3, -0.25) is 15.0 Å². The van der Waals surface area contributed by atoms with Gasteiger partial charge in [0, 0.05) is 49.5 Å². The molecular formula is C21H25N5. The highest BCUT2D eigenvalue weighted by Crippen LogP contribution is 2.15. The van der Waals surface area contributed by atoms with E-state index in [2.05, 4.69) is 56.8 Å². The van der Waals surface area contributed by atoms with Gasteiger partial charge in [0.2, 0.25) is 0 Å². The normalized spacial score (nSPS) is 11.5. The molecule has 5 nitrogen and oxygen atoms in total. The van der Waals surface area contributed by atoms with E-state index in [-0.39, 0.29) is 0 Å². The molecule has 0 unspecified atom stereocenters. The first-order valence-electron chi connectivity index (χ1n) is 9.11. The van der Waals surface area contributed by atoms with Crippen LogP contribution in [0.15, 0.2) is 65.9 Å². The van der Waals surface area contributed by atoms with Crippen molar-refractivity contribution < 1.29 is 0 Å². The number of aliphatic imine (C=N–C) groups is 1. The Balaban J connectivity index is 1.55. The van der Waals surface area contributed by atoms with Crippen LogP contribution in [0.2, 0.25) is 0 Å². The summed E-state index contributed by atoms with van der Waals surface area (Å²) in [5, 5.41) is 7.89. The van der Waals surface area contributed by atoms with Crippen LogP contribution in [0.3, 0.4) is 0 Å². The molecule has 26 heavy (non-hydrogen) atoms. The fourth-order valence-electron chi connectivity index (χ4n) is 2.85. The molecule has 0 radical (unpaired) electrons. The van der Waals surface area contributed by atoms with Crippen LogP contribution >= 0.6 is 0 Å². The van der Waals surface area contributed by atoms with Crippen LogP contribution < -0.4 is 10.6 Å². The van der Waals surface area contributed by atoms with Gasteiger partial charge in [-0.2, -0.15) is 0 Å². The second-order valence-corrected chi connectivity index (χ2v) is 6.00. The maximum atomic E-state index is 4.64. The Morgan fingerprint density at radius 1 is 0.923 bits per heavy atom. The summed E-state index contributed by atoms with van der Waals surface area (Å²) in [6.07, 6.45) is 5.41. The minimum Gasteiger partial charge on any atom is -0.357 e. The van der Waals surface area contributed by atoms with Crippen molar-refractivity contribution in [2.45, 2.75) is 19.8 Å². The minimum atomic E-state index is 0.710. The molecular weight excluding hydrogens is 322 g/mol. The smallest absolute Gasteiger partial charge is 0.191 e. The van der Waals surface area contributed by atoms with E-state index in [9.17, 15) is 0 Å². The van der Waals surface area contributed by atoms with E-state index in [4.69, 9.17) is 0 Å². The molecule has 0 aliphatic carbocycles. The van der Waals surface area contributed by atoms with Gasteiger partial charge in [-0.05, 0) is 37.1 Å². The third kappa shape index (κ3) is 5.02. The molecule has 0 bridgehead atoms. The fraction of sp³-hybridized carbons (Fsp3) is 0.286. The summed E-state index contributed by atoms with van der Waals surface area (Å²) in [6.45, 7) is 4.43. The Labute approximate surface area is 154 Å². The molecule has 0 aliphatic heterocycles. The zero-order chi connectivity index (χ0) is 18.0. The van der Waals surface area contributed by atoms with E-state index in [1.807, 2.05) is 36.7 Å². The maximum absolute atomic E-state index is 4.64. The van der Waals surface area contributed by atoms with Gasteiger partial charge in [-0.1, -0.05) is 30.3 Å². The standard InChI is InChI=1S/C21H25N5/c1-2-22-21(26-16-12-19-10-3-4-13-23-19)25-15-11-18-8-5-7-17-9-6-14-24-20(17)18/h3-10,13-14H,2,11-12,15-16H2,1H3,(H2,22,25,26). The van der Waals surface area contributed by atoms with E-state index in [1.165, 1.54) is 10.9 Å². The number of para-hydroxylation sites is 1. The van der Waals surface area contributed by atoms with Gasteiger partial charge in [0.05, 0.1) is 5.52 Å². The summed E-state index contributed by atoms with van der Waals surface area (Å²) >= 11 is 0. The van der Waals surface area contributed by atoms with Gasteiger partial charge in [-0.15, -0.1) is 0 Å². The summed E-state index contributed by atoms with van der Waals surface area (Å²) in [4.78, 5) is 13.5. The number of nitrogens with zero attached hydrogens (tertiary/aromatic N) is 3. The van der Waals surface area contributed by atoms with Crippen LogP contribution in [0.25, 0.3) is 10.9 Å². The van der Waals surface area contributed by atoms with Gasteiger partial charge in [-0.25, -0.2) is 0 Å². The lowest BCUT2D eigenvalue weighted by atomic mass is 10.1. The maximum Gasteiger partial charge on any atom is 0.191 e. The Kier molecular flexibility index (Phi) is 6.53. The minimum absolute atomic E-state index is 0.710. The predicted molar refractivity (Wildman–Crippen MR) is 107 cm³/mol. The molecule has 0 aliphatic rings. The van der Waals surface area contributed by atoms with Crippen molar-refractivity contribution in [2.24, 2.45) is 4.99 Å². The Morgan fingerprint density at radius 3 is 2.65 bits per heavy atom. The average molecular weight is 347 g/mol. The van der Waals surface area contributed by atoms with Crippen LogP contribution in [0, 0.1) is 0 Å². The monoisotopic (exact) mass is 347 g/mol. The Hall–Kier alpha value is -2.95. The van der Waals surface area contributed by atoms with E-state index >= 15 is 0 Å². The van der Waals surface area contributed by atoms with Gasteiger partial charge >= 0.3 is 0 Å². The SMILES string of the molecule is CCNC(=NCCc1ccccn1)NCCc1cccc2cccnc12. The molecule has 2 heterocycles. The van der Waals surface area contributed by atoms with E-state index in [0.717, 1.165) is 43.1 Å². The van der Waals surface area contributed by atoms with Gasteiger partial charge in [0.25, 0.3) is 0 Å². The molecule has 0 saturated heterocycles. The Morgan fingerprint density at radius 2 is 1.81 bits per heavy atom. The summed E-state index contributed by atoms with van der Waals surface area (Å²) in [5.41, 5.74) is 3.39. The van der Waals surface area contributed by atoms with Crippen molar-refractivity contribution in [3.8, 4) is 0 Å². The van der Waals surface area contributed by atoms with Crippen molar-refractivity contribution in [3.63, 3.8) is 0 Å². The second kappa shape index (κ2) is 9.51. The molecule has 0 amide bonds.